The molecule has 15 rings (SSSR count). The number of fused-ring (bicyclic) bond motifs is 9. The molecule has 0 aromatic rings. The second kappa shape index (κ2) is 20.0. The van der Waals surface area contributed by atoms with E-state index >= 15 is 0 Å². The fourth-order valence-electron chi connectivity index (χ4n) is 16.3. The topological polar surface area (TPSA) is 254 Å². The number of carboxylic acids is 1. The van der Waals surface area contributed by atoms with Crippen LogP contribution in [0, 0.1) is 11.8 Å². The number of carbonyl (C=O) groups excluding carboxylic acids is 1. The second-order valence-electron chi connectivity index (χ2n) is 25.5. The minimum atomic E-state index is -1.55. The number of carboxylic acid groups (broad SMARTS) is 1. The standard InChI is InChI=1S/C56H78O21/c1-24-13-28-5-7-33-25(2)14-30(63-33)9-11-55-23-56(62)51(76-55)50-49(75-56)48(74-55)47-34(70-50)8-6-29(66-47)17-45(60)69-42-20-41-40(68-39(42)18-35(64-28)27(24)4)19-38-37(67-41)16-31(65-38)15-36-32(57)10-12-54(73-36)22-26(3)46-53(77-54)72-52(61)43(71-46)21-44(58)59/h24,26,28-43,46-53,57,61-62H,2,4-23H2,1,3H3,(H,58,59)/t24-,26+,28?,29?,30?,31?,32?,33?,34?,35?,36?,37?,38-,39+,40+,41?,42?,43-,46?,47+,48?,49?,50?,51+,52-,53?,54-,55-,56-/m1/s1. The van der Waals surface area contributed by atoms with Crippen LogP contribution in [0.5, 0.6) is 0 Å². The summed E-state index contributed by atoms with van der Waals surface area (Å²) in [6, 6.07) is 0. The van der Waals surface area contributed by atoms with Crippen LogP contribution in [0.4, 0.5) is 0 Å². The number of carbonyl (C=O) groups is 2. The van der Waals surface area contributed by atoms with E-state index in [1.165, 1.54) is 0 Å². The van der Waals surface area contributed by atoms with Gasteiger partial charge in [-0.05, 0) is 74.3 Å². The van der Waals surface area contributed by atoms with Gasteiger partial charge in [-0.2, -0.15) is 0 Å². The van der Waals surface area contributed by atoms with Crippen molar-refractivity contribution in [1.82, 2.24) is 0 Å². The van der Waals surface area contributed by atoms with Gasteiger partial charge in [-0.25, -0.2) is 0 Å². The first-order valence-electron chi connectivity index (χ1n) is 29.1. The van der Waals surface area contributed by atoms with E-state index in [1.54, 1.807) is 0 Å². The Morgan fingerprint density at radius 1 is 0.610 bits per heavy atom. The minimum absolute atomic E-state index is 0.00485. The molecule has 0 amide bonds. The van der Waals surface area contributed by atoms with Crippen molar-refractivity contribution in [1.29, 1.82) is 0 Å². The molecule has 77 heavy (non-hydrogen) atoms. The van der Waals surface area contributed by atoms with E-state index in [2.05, 4.69) is 20.1 Å². The lowest BCUT2D eigenvalue weighted by molar-refractivity contribution is -0.440. The zero-order valence-electron chi connectivity index (χ0n) is 44.1. The summed E-state index contributed by atoms with van der Waals surface area (Å²) in [7, 11) is 0. The van der Waals surface area contributed by atoms with Crippen molar-refractivity contribution in [2.75, 3.05) is 0 Å². The number of esters is 1. The van der Waals surface area contributed by atoms with Gasteiger partial charge in [0.25, 0.3) is 0 Å². The van der Waals surface area contributed by atoms with Gasteiger partial charge in [-0.3, -0.25) is 9.59 Å². The van der Waals surface area contributed by atoms with Crippen molar-refractivity contribution in [3.63, 3.8) is 0 Å². The highest BCUT2D eigenvalue weighted by Gasteiger charge is 2.74. The molecule has 29 atom stereocenters. The van der Waals surface area contributed by atoms with Gasteiger partial charge < -0.3 is 91.5 Å². The van der Waals surface area contributed by atoms with Gasteiger partial charge in [0.15, 0.2) is 24.2 Å². The molecule has 15 aliphatic rings. The highest BCUT2D eigenvalue weighted by molar-refractivity contribution is 5.70. The lowest BCUT2D eigenvalue weighted by Crippen LogP contribution is -2.63. The number of aliphatic hydroxyl groups excluding tert-OH is 2. The number of aliphatic hydroxyl groups is 3. The number of aliphatic carboxylic acids is 1. The molecule has 2 spiro atoms. The van der Waals surface area contributed by atoms with Crippen LogP contribution in [0.15, 0.2) is 24.3 Å². The first kappa shape index (κ1) is 52.8. The molecule has 0 saturated carbocycles. The third-order valence-corrected chi connectivity index (χ3v) is 20.1. The lowest BCUT2D eigenvalue weighted by Gasteiger charge is -2.53. The predicted octanol–water partition coefficient (Wildman–Crippen LogP) is 3.66. The van der Waals surface area contributed by atoms with Crippen molar-refractivity contribution in [3.8, 4) is 0 Å². The molecule has 12 bridgehead atoms. The molecule has 15 aliphatic heterocycles. The quantitative estimate of drug-likeness (QED) is 0.232. The number of hydrogen-bond donors (Lipinski definition) is 4. The fourth-order valence-corrected chi connectivity index (χ4v) is 16.3. The van der Waals surface area contributed by atoms with Gasteiger partial charge in [0.1, 0.15) is 48.8 Å². The molecular weight excluding hydrogens is 1010 g/mol. The largest absolute Gasteiger partial charge is 0.481 e. The molecule has 17 unspecified atom stereocenters. The Balaban J connectivity index is 0.670. The molecule has 15 heterocycles. The van der Waals surface area contributed by atoms with Crippen molar-refractivity contribution in [3.05, 3.63) is 24.3 Å². The molecule has 428 valence electrons. The fraction of sp³-hybridized carbons (Fsp3) is 0.893. The number of rotatable bonds is 4. The van der Waals surface area contributed by atoms with E-state index in [0.717, 1.165) is 36.8 Å². The van der Waals surface area contributed by atoms with Crippen LogP contribution in [0.2, 0.25) is 0 Å². The van der Waals surface area contributed by atoms with E-state index in [9.17, 15) is 30.0 Å². The monoisotopic (exact) mass is 1090 g/mol. The third kappa shape index (κ3) is 9.71. The second-order valence-corrected chi connectivity index (χ2v) is 25.5. The van der Waals surface area contributed by atoms with Gasteiger partial charge in [-0.1, -0.05) is 27.0 Å². The van der Waals surface area contributed by atoms with Crippen LogP contribution in [0.25, 0.3) is 0 Å². The normalized spacial score (nSPS) is 56.1. The number of hydrogen-bond acceptors (Lipinski definition) is 20. The molecule has 21 heteroatoms. The summed E-state index contributed by atoms with van der Waals surface area (Å²) in [5.41, 5.74) is 2.05. The van der Waals surface area contributed by atoms with E-state index in [1.807, 2.05) is 6.92 Å². The van der Waals surface area contributed by atoms with Crippen LogP contribution >= 0.6 is 0 Å². The summed E-state index contributed by atoms with van der Waals surface area (Å²) in [6.45, 7) is 13.1. The zero-order chi connectivity index (χ0) is 52.9. The maximum Gasteiger partial charge on any atom is 0.308 e. The van der Waals surface area contributed by atoms with Gasteiger partial charge >= 0.3 is 11.9 Å². The van der Waals surface area contributed by atoms with Crippen LogP contribution in [0.3, 0.4) is 0 Å². The molecular formula is C56H78O21. The summed E-state index contributed by atoms with van der Waals surface area (Å²) < 4.78 is 99.2. The Morgan fingerprint density at radius 3 is 2.17 bits per heavy atom. The Bertz CT molecular complexity index is 2290. The Labute approximate surface area is 448 Å². The van der Waals surface area contributed by atoms with Crippen LogP contribution in [0.1, 0.15) is 136 Å². The van der Waals surface area contributed by atoms with Gasteiger partial charge in [0.2, 0.25) is 5.79 Å². The summed E-state index contributed by atoms with van der Waals surface area (Å²) in [4.78, 5) is 25.8. The maximum absolute atomic E-state index is 14.3. The van der Waals surface area contributed by atoms with Crippen molar-refractivity contribution < 1.29 is 101 Å². The first-order chi connectivity index (χ1) is 36.9. The Hall–Kier alpha value is -2.26. The molecule has 4 N–H and O–H groups in total. The number of ether oxygens (including phenoxy) is 15. The highest BCUT2D eigenvalue weighted by atomic mass is 16.8. The molecule has 0 aromatic carbocycles. The van der Waals surface area contributed by atoms with Crippen molar-refractivity contribution in [2.24, 2.45) is 11.8 Å². The molecule has 0 radical (unpaired) electrons. The smallest absolute Gasteiger partial charge is 0.308 e. The van der Waals surface area contributed by atoms with Gasteiger partial charge in [0.05, 0.1) is 105 Å². The highest BCUT2D eigenvalue weighted by Crippen LogP contribution is 2.58. The summed E-state index contributed by atoms with van der Waals surface area (Å²) in [5, 5.41) is 43.2. The lowest BCUT2D eigenvalue weighted by atomic mass is 9.83. The van der Waals surface area contributed by atoms with E-state index in [-0.39, 0.29) is 85.7 Å². The van der Waals surface area contributed by atoms with Crippen molar-refractivity contribution >= 4 is 11.9 Å². The van der Waals surface area contributed by atoms with Crippen LogP contribution in [-0.4, -0.2) is 197 Å². The van der Waals surface area contributed by atoms with Gasteiger partial charge in [0, 0.05) is 51.4 Å². The molecule has 21 nitrogen and oxygen atoms in total. The molecule has 0 aromatic heterocycles. The Kier molecular flexibility index (Phi) is 13.7. The van der Waals surface area contributed by atoms with E-state index in [0.29, 0.717) is 77.0 Å². The first-order valence-corrected chi connectivity index (χ1v) is 29.1. The zero-order valence-corrected chi connectivity index (χ0v) is 44.1. The van der Waals surface area contributed by atoms with Crippen LogP contribution in [-0.2, 0) is 80.6 Å². The van der Waals surface area contributed by atoms with Gasteiger partial charge in [-0.15, -0.1) is 0 Å². The molecule has 0 aliphatic carbocycles. The van der Waals surface area contributed by atoms with Crippen LogP contribution < -0.4 is 0 Å². The average Bonchev–Trinajstić information content (AvgIpc) is 4.15. The SMILES string of the molecule is C=C1CC2CC[C@@]34C[C@@]5(O)OC6C(O3)[C@H]3OC(CCC3OC6[C@@H]5O4)CC(=O)OC3CC4OC5CC(CC6O[C@@]7(CCC6O)C[C@H](C)C6O[C@H](CC(=O)O)[C@H](O)OC6O7)O[C@@H]5C[C@@H]4O[C@H]3CC3OC(CCC1O2)C[C@@H](C)C3=C. The van der Waals surface area contributed by atoms with E-state index < -0.39 is 122 Å². The van der Waals surface area contributed by atoms with Crippen molar-refractivity contribution in [2.45, 2.75) is 300 Å². The van der Waals surface area contributed by atoms with E-state index in [4.69, 9.17) is 71.1 Å². The Morgan fingerprint density at radius 2 is 1.34 bits per heavy atom. The molecule has 15 fully saturated rings. The summed E-state index contributed by atoms with van der Waals surface area (Å²) in [6.07, 6.45) is -3.99. The predicted molar refractivity (Wildman–Crippen MR) is 259 cm³/mol. The maximum atomic E-state index is 14.3. The molecule has 15 saturated heterocycles. The minimum Gasteiger partial charge on any atom is -0.481 e. The average molecular weight is 1090 g/mol. The summed E-state index contributed by atoms with van der Waals surface area (Å²) >= 11 is 0. The summed E-state index contributed by atoms with van der Waals surface area (Å²) in [5.74, 6) is -5.27. The third-order valence-electron chi connectivity index (χ3n) is 20.1.